The summed E-state index contributed by atoms with van der Waals surface area (Å²) in [6.07, 6.45) is 0. The predicted octanol–water partition coefficient (Wildman–Crippen LogP) is 1.76. The molecular weight excluding hydrogens is 202 g/mol. The molecule has 0 bridgehead atoms. The van der Waals surface area contributed by atoms with E-state index in [2.05, 4.69) is 5.32 Å². The van der Waals surface area contributed by atoms with Gasteiger partial charge in [-0.05, 0) is 26.1 Å². The second kappa shape index (κ2) is 4.44. The first-order valence-corrected chi connectivity index (χ1v) is 4.61. The summed E-state index contributed by atoms with van der Waals surface area (Å²) in [5.41, 5.74) is 1.01. The summed E-state index contributed by atoms with van der Waals surface area (Å²) in [5.74, 6) is -0.0401. The predicted molar refractivity (Wildman–Crippen MR) is 56.1 cm³/mol. The van der Waals surface area contributed by atoms with E-state index in [1.807, 2.05) is 0 Å². The zero-order valence-corrected chi connectivity index (χ0v) is 8.85. The number of nitrogens with one attached hydrogen (secondary N) is 1. The fourth-order valence-electron chi connectivity index (χ4n) is 1.09. The highest BCUT2D eigenvalue weighted by Gasteiger charge is 2.09. The Balaban J connectivity index is 3.06. The van der Waals surface area contributed by atoms with Gasteiger partial charge in [0.25, 0.3) is 0 Å². The number of carbonyl (C=O) groups excluding carboxylic acids is 1. The maximum absolute atomic E-state index is 11.4. The summed E-state index contributed by atoms with van der Waals surface area (Å²) in [4.78, 5) is 11.4. The lowest BCUT2D eigenvalue weighted by Gasteiger charge is -2.05. The second-order valence-electron chi connectivity index (χ2n) is 3.06. The number of phenols is 1. The van der Waals surface area contributed by atoms with E-state index in [-0.39, 0.29) is 18.1 Å². The van der Waals surface area contributed by atoms with Gasteiger partial charge in [-0.3, -0.25) is 4.79 Å². The molecule has 0 aliphatic heterocycles. The highest BCUT2D eigenvalue weighted by molar-refractivity contribution is 6.32. The molecule has 3 nitrogen and oxygen atoms in total. The molecule has 0 aromatic heterocycles. The number of carbonyl (C=O) groups is 1. The highest BCUT2D eigenvalue weighted by Crippen LogP contribution is 2.26. The zero-order valence-electron chi connectivity index (χ0n) is 8.10. The van der Waals surface area contributed by atoms with E-state index in [1.54, 1.807) is 20.0 Å². The number of hydrogen-bond donors (Lipinski definition) is 2. The molecule has 0 fully saturated rings. The topological polar surface area (TPSA) is 49.3 Å². The Labute approximate surface area is 87.7 Å². The monoisotopic (exact) mass is 213 g/mol. The molecule has 0 radical (unpaired) electrons. The zero-order chi connectivity index (χ0) is 10.7. The van der Waals surface area contributed by atoms with Crippen molar-refractivity contribution in [2.45, 2.75) is 6.92 Å². The Bertz CT molecular complexity index is 340. The van der Waals surface area contributed by atoms with Crippen molar-refractivity contribution in [3.63, 3.8) is 0 Å². The number of phenolic OH excluding ortho intramolecular Hbond substituents is 1. The van der Waals surface area contributed by atoms with Crippen molar-refractivity contribution in [3.8, 4) is 5.75 Å². The van der Waals surface area contributed by atoms with Gasteiger partial charge in [0.1, 0.15) is 5.75 Å². The molecular formula is C10H12ClNO2. The Morgan fingerprint density at radius 1 is 1.57 bits per heavy atom. The number of ketones is 1. The summed E-state index contributed by atoms with van der Waals surface area (Å²) in [6.45, 7) is 1.93. The van der Waals surface area contributed by atoms with E-state index in [4.69, 9.17) is 11.6 Å². The van der Waals surface area contributed by atoms with E-state index in [0.717, 1.165) is 0 Å². The first-order chi connectivity index (χ1) is 6.56. The fraction of sp³-hybridized carbons (Fsp3) is 0.300. The molecule has 4 heteroatoms. The van der Waals surface area contributed by atoms with Crippen LogP contribution >= 0.6 is 11.6 Å². The molecule has 14 heavy (non-hydrogen) atoms. The smallest absolute Gasteiger partial charge is 0.176 e. The quantitative estimate of drug-likeness (QED) is 0.753. The molecule has 0 saturated heterocycles. The molecule has 0 heterocycles. The molecule has 0 aliphatic rings. The molecule has 76 valence electrons. The van der Waals surface area contributed by atoms with E-state index in [9.17, 15) is 9.90 Å². The van der Waals surface area contributed by atoms with Crippen LogP contribution in [0.15, 0.2) is 12.1 Å². The molecule has 0 amide bonds. The van der Waals surface area contributed by atoms with Gasteiger partial charge in [0.2, 0.25) is 0 Å². The highest BCUT2D eigenvalue weighted by atomic mass is 35.5. The minimum absolute atomic E-state index is 0.0527. The average molecular weight is 214 g/mol. The number of rotatable bonds is 3. The normalized spacial score (nSPS) is 10.2. The van der Waals surface area contributed by atoms with Crippen LogP contribution in [0.3, 0.4) is 0 Å². The number of benzene rings is 1. The summed E-state index contributed by atoms with van der Waals surface area (Å²) < 4.78 is 0. The van der Waals surface area contributed by atoms with Crippen molar-refractivity contribution in [2.24, 2.45) is 0 Å². The lowest BCUT2D eigenvalue weighted by Crippen LogP contribution is -2.18. The van der Waals surface area contributed by atoms with E-state index < -0.39 is 0 Å². The van der Waals surface area contributed by atoms with Gasteiger partial charge in [-0.15, -0.1) is 0 Å². The fourth-order valence-corrected chi connectivity index (χ4v) is 1.30. The summed E-state index contributed by atoms with van der Waals surface area (Å²) in [7, 11) is 1.69. The largest absolute Gasteiger partial charge is 0.508 e. The average Bonchev–Trinajstić information content (AvgIpc) is 2.13. The number of aromatic hydroxyl groups is 1. The minimum Gasteiger partial charge on any atom is -0.508 e. The number of likely N-dealkylation sites (N-methyl/N-ethyl adjacent to an activating group) is 1. The first kappa shape index (κ1) is 11.0. The molecule has 0 atom stereocenters. The molecule has 1 aromatic rings. The number of Topliss-reactive ketones (excluding diaryl/α,β-unsaturated/α-hetero) is 1. The van der Waals surface area contributed by atoms with Gasteiger partial charge >= 0.3 is 0 Å². The van der Waals surface area contributed by atoms with Gasteiger partial charge in [0.15, 0.2) is 5.78 Å². The molecule has 0 unspecified atom stereocenters. The lowest BCUT2D eigenvalue weighted by molar-refractivity contribution is 0.0993. The van der Waals surface area contributed by atoms with E-state index in [0.29, 0.717) is 16.1 Å². The van der Waals surface area contributed by atoms with Crippen LogP contribution < -0.4 is 5.32 Å². The maximum atomic E-state index is 11.4. The molecule has 0 saturated carbocycles. The van der Waals surface area contributed by atoms with Crippen molar-refractivity contribution in [2.75, 3.05) is 13.6 Å². The number of halogens is 1. The van der Waals surface area contributed by atoms with Gasteiger partial charge in [-0.25, -0.2) is 0 Å². The van der Waals surface area contributed by atoms with Gasteiger partial charge < -0.3 is 10.4 Å². The van der Waals surface area contributed by atoms with Gasteiger partial charge in [0.05, 0.1) is 6.54 Å². The van der Waals surface area contributed by atoms with Crippen LogP contribution in [0.4, 0.5) is 0 Å². The third-order valence-corrected chi connectivity index (χ3v) is 2.37. The Morgan fingerprint density at radius 3 is 2.71 bits per heavy atom. The van der Waals surface area contributed by atoms with Gasteiger partial charge in [-0.1, -0.05) is 11.6 Å². The van der Waals surface area contributed by atoms with Crippen LogP contribution in [0.2, 0.25) is 5.02 Å². The summed E-state index contributed by atoms with van der Waals surface area (Å²) >= 11 is 5.83. The maximum Gasteiger partial charge on any atom is 0.176 e. The molecule has 1 rings (SSSR count). The summed E-state index contributed by atoms with van der Waals surface area (Å²) in [5, 5.41) is 12.6. The molecule has 2 N–H and O–H groups in total. The Morgan fingerprint density at radius 2 is 2.21 bits per heavy atom. The van der Waals surface area contributed by atoms with Crippen LogP contribution in [-0.4, -0.2) is 24.5 Å². The van der Waals surface area contributed by atoms with Gasteiger partial charge in [-0.2, -0.15) is 0 Å². The summed E-state index contributed by atoms with van der Waals surface area (Å²) in [6, 6.07) is 3.00. The second-order valence-corrected chi connectivity index (χ2v) is 3.46. The Kier molecular flexibility index (Phi) is 3.49. The lowest BCUT2D eigenvalue weighted by atomic mass is 10.1. The van der Waals surface area contributed by atoms with Crippen LogP contribution in [-0.2, 0) is 0 Å². The van der Waals surface area contributed by atoms with E-state index >= 15 is 0 Å². The SMILES string of the molecule is CNCC(=O)c1cc(O)c(C)c(Cl)c1. The van der Waals surface area contributed by atoms with Crippen molar-refractivity contribution in [1.29, 1.82) is 0 Å². The minimum atomic E-state index is -0.0929. The number of hydrogen-bond acceptors (Lipinski definition) is 3. The third-order valence-electron chi connectivity index (χ3n) is 1.98. The first-order valence-electron chi connectivity index (χ1n) is 4.23. The van der Waals surface area contributed by atoms with Gasteiger partial charge in [0, 0.05) is 16.1 Å². The van der Waals surface area contributed by atoms with Crippen LogP contribution in [0.25, 0.3) is 0 Å². The molecule has 0 spiro atoms. The van der Waals surface area contributed by atoms with Crippen LogP contribution in [0.5, 0.6) is 5.75 Å². The third kappa shape index (κ3) is 2.25. The van der Waals surface area contributed by atoms with Crippen molar-refractivity contribution >= 4 is 17.4 Å². The Hall–Kier alpha value is -1.06. The van der Waals surface area contributed by atoms with E-state index in [1.165, 1.54) is 6.07 Å². The molecule has 0 aliphatic carbocycles. The van der Waals surface area contributed by atoms with Crippen molar-refractivity contribution < 1.29 is 9.90 Å². The molecule has 1 aromatic carbocycles. The van der Waals surface area contributed by atoms with Crippen molar-refractivity contribution in [1.82, 2.24) is 5.32 Å². The standard InChI is InChI=1S/C10H12ClNO2/c1-6-8(11)3-7(4-9(6)13)10(14)5-12-2/h3-4,12-13H,5H2,1-2H3. The van der Waals surface area contributed by atoms with Crippen LogP contribution in [0.1, 0.15) is 15.9 Å². The van der Waals surface area contributed by atoms with Crippen molar-refractivity contribution in [3.05, 3.63) is 28.3 Å². The van der Waals surface area contributed by atoms with Crippen LogP contribution in [0, 0.1) is 6.92 Å².